The number of nitrogens with zero attached hydrogens (tertiary/aromatic N) is 8. The van der Waals surface area contributed by atoms with Crippen molar-refractivity contribution in [3.05, 3.63) is 117 Å². The van der Waals surface area contributed by atoms with Gasteiger partial charge in [0, 0.05) is 76.5 Å². The molecule has 2 aliphatic heterocycles. The number of nitrogens with one attached hydrogen (secondary N) is 2. The lowest BCUT2D eigenvalue weighted by Crippen LogP contribution is -2.34. The van der Waals surface area contributed by atoms with Crippen molar-refractivity contribution in [3.8, 4) is 22.3 Å². The molecule has 2 fully saturated rings. The highest BCUT2D eigenvalue weighted by Gasteiger charge is 2.27. The van der Waals surface area contributed by atoms with Crippen molar-refractivity contribution in [2.45, 2.75) is 51.4 Å². The molecule has 2 saturated heterocycles. The molecular weight excluding hydrogens is 778 g/mol. The Labute approximate surface area is 315 Å². The minimum Gasteiger partial charge on any atom is -0.356 e. The quantitative estimate of drug-likeness (QED) is 0.161. The highest BCUT2D eigenvalue weighted by Crippen LogP contribution is 2.36. The van der Waals surface area contributed by atoms with Gasteiger partial charge in [0.25, 0.3) is 0 Å². The van der Waals surface area contributed by atoms with Gasteiger partial charge in [0.05, 0.1) is 29.1 Å². The standard InChI is InChI=1S/C19H19ClFN5.C19H20IN5/c1-12-18(24-11-23-12)13-4-6-26(7-5-13)19-15(9-22-10-25-19)14-2-3-17(21)16(20)8-14;1-13-18(23-12-22-13)15-6-8-25(9-7-15)19-17(10-21-11-24-19)14-2-4-16(20)5-3-14/h2-3,8-11,13H,4-7H2,1H3,(H,23,24);2-5,10-12,15H,6-9H2,1H3,(H,22,23). The molecule has 4 aromatic heterocycles. The van der Waals surface area contributed by atoms with Crippen molar-refractivity contribution >= 4 is 45.8 Å². The van der Waals surface area contributed by atoms with E-state index in [1.165, 1.54) is 26.6 Å². The molecule has 2 N–H and O–H groups in total. The van der Waals surface area contributed by atoms with Gasteiger partial charge in [-0.1, -0.05) is 29.8 Å². The minimum atomic E-state index is -0.427. The molecule has 51 heavy (non-hydrogen) atoms. The van der Waals surface area contributed by atoms with Crippen molar-refractivity contribution < 1.29 is 4.39 Å². The van der Waals surface area contributed by atoms with Gasteiger partial charge in [0.2, 0.25) is 0 Å². The predicted octanol–water partition coefficient (Wildman–Crippen LogP) is 8.52. The zero-order chi connectivity index (χ0) is 35.3. The van der Waals surface area contributed by atoms with Crippen LogP contribution in [0.25, 0.3) is 22.3 Å². The first kappa shape index (κ1) is 35.0. The smallest absolute Gasteiger partial charge is 0.141 e. The number of H-pyrrole nitrogens is 2. The van der Waals surface area contributed by atoms with Crippen LogP contribution >= 0.6 is 34.2 Å². The topological polar surface area (TPSA) is 115 Å². The van der Waals surface area contributed by atoms with Crippen molar-refractivity contribution in [2.75, 3.05) is 36.0 Å². The van der Waals surface area contributed by atoms with Crippen molar-refractivity contribution in [1.29, 1.82) is 0 Å². The van der Waals surface area contributed by atoms with Crippen LogP contribution in [0.2, 0.25) is 5.02 Å². The van der Waals surface area contributed by atoms with Crippen LogP contribution < -0.4 is 9.80 Å². The third-order valence-electron chi connectivity index (χ3n) is 9.87. The van der Waals surface area contributed by atoms with Crippen LogP contribution in [0.5, 0.6) is 0 Å². The molecule has 10 nitrogen and oxygen atoms in total. The monoisotopic (exact) mass is 816 g/mol. The van der Waals surface area contributed by atoms with Gasteiger partial charge < -0.3 is 19.8 Å². The molecule has 2 aliphatic rings. The van der Waals surface area contributed by atoms with Crippen LogP contribution in [-0.2, 0) is 0 Å². The fourth-order valence-corrected chi connectivity index (χ4v) is 7.68. The number of aromatic amines is 2. The molecule has 0 bridgehead atoms. The third kappa shape index (κ3) is 7.91. The number of hydrogen-bond acceptors (Lipinski definition) is 8. The number of halogens is 3. The summed E-state index contributed by atoms with van der Waals surface area (Å²) in [5.74, 6) is 2.46. The van der Waals surface area contributed by atoms with Gasteiger partial charge in [-0.3, -0.25) is 0 Å². The Morgan fingerprint density at radius 2 is 1.16 bits per heavy atom. The van der Waals surface area contributed by atoms with Crippen LogP contribution in [0.15, 0.2) is 80.2 Å². The molecule has 0 amide bonds. The average Bonchev–Trinajstić information content (AvgIpc) is 3.81. The zero-order valence-corrected chi connectivity index (χ0v) is 31.4. The average molecular weight is 817 g/mol. The summed E-state index contributed by atoms with van der Waals surface area (Å²) in [4.78, 5) is 37.5. The molecule has 6 aromatic rings. The second-order valence-corrected chi connectivity index (χ2v) is 14.7. The second-order valence-electron chi connectivity index (χ2n) is 13.0. The molecule has 6 heterocycles. The number of anilines is 2. The van der Waals surface area contributed by atoms with E-state index in [2.05, 4.69) is 110 Å². The van der Waals surface area contributed by atoms with Gasteiger partial charge in [-0.15, -0.1) is 0 Å². The van der Waals surface area contributed by atoms with E-state index >= 15 is 0 Å². The maximum atomic E-state index is 13.5. The maximum Gasteiger partial charge on any atom is 0.141 e. The van der Waals surface area contributed by atoms with E-state index in [1.54, 1.807) is 43.6 Å². The van der Waals surface area contributed by atoms with Crippen molar-refractivity contribution in [1.82, 2.24) is 39.9 Å². The number of aromatic nitrogens is 8. The SMILES string of the molecule is Cc1[nH]cnc1C1CCN(c2ncncc2-c2ccc(F)c(Cl)c2)CC1.Cc1[nH]cnc1C1CCN(c2ncncc2-c2ccc(I)cc2)CC1. The first-order valence-corrected chi connectivity index (χ1v) is 18.6. The van der Waals surface area contributed by atoms with Crippen LogP contribution in [0.4, 0.5) is 16.0 Å². The number of piperidine rings is 2. The van der Waals surface area contributed by atoms with Crippen molar-refractivity contribution in [3.63, 3.8) is 0 Å². The molecule has 262 valence electrons. The normalized spacial score (nSPS) is 15.5. The van der Waals surface area contributed by atoms with Crippen molar-refractivity contribution in [2.24, 2.45) is 0 Å². The molecule has 0 saturated carbocycles. The molecular formula is C38H39ClFIN10. The summed E-state index contributed by atoms with van der Waals surface area (Å²) >= 11 is 8.28. The van der Waals surface area contributed by atoms with E-state index in [9.17, 15) is 4.39 Å². The van der Waals surface area contributed by atoms with E-state index in [-0.39, 0.29) is 5.02 Å². The fraction of sp³-hybridized carbons (Fsp3) is 0.316. The second kappa shape index (κ2) is 15.9. The predicted molar refractivity (Wildman–Crippen MR) is 208 cm³/mol. The van der Waals surface area contributed by atoms with Gasteiger partial charge in [0.15, 0.2) is 0 Å². The molecule has 0 unspecified atom stereocenters. The fourth-order valence-electron chi connectivity index (χ4n) is 7.14. The highest BCUT2D eigenvalue weighted by molar-refractivity contribution is 14.1. The Kier molecular flexibility index (Phi) is 10.9. The van der Waals surface area contributed by atoms with E-state index in [4.69, 9.17) is 11.6 Å². The molecule has 0 aliphatic carbocycles. The first-order valence-electron chi connectivity index (χ1n) is 17.2. The van der Waals surface area contributed by atoms with E-state index in [0.717, 1.165) is 91.6 Å². The Hall–Kier alpha value is -4.43. The van der Waals surface area contributed by atoms with Gasteiger partial charge in [0.1, 0.15) is 30.1 Å². The molecule has 8 rings (SSSR count). The number of benzene rings is 2. The van der Waals surface area contributed by atoms with Crippen LogP contribution in [0, 0.1) is 23.2 Å². The largest absolute Gasteiger partial charge is 0.356 e. The Bertz CT molecular complexity index is 2070. The lowest BCUT2D eigenvalue weighted by Gasteiger charge is -2.33. The van der Waals surface area contributed by atoms with Gasteiger partial charge >= 0.3 is 0 Å². The highest BCUT2D eigenvalue weighted by atomic mass is 127. The minimum absolute atomic E-state index is 0.102. The Morgan fingerprint density at radius 1 is 0.686 bits per heavy atom. The van der Waals surface area contributed by atoms with Gasteiger partial charge in [-0.05, 0) is 97.5 Å². The number of rotatable bonds is 6. The number of aryl methyl sites for hydroxylation is 2. The number of imidazole rings is 2. The molecule has 0 spiro atoms. The summed E-state index contributed by atoms with van der Waals surface area (Å²) in [6.45, 7) is 7.92. The lowest BCUT2D eigenvalue weighted by molar-refractivity contribution is 0.493. The lowest BCUT2D eigenvalue weighted by atomic mass is 9.92. The Balaban J connectivity index is 0.000000159. The number of hydrogen-bond donors (Lipinski definition) is 2. The molecule has 13 heteroatoms. The van der Waals surface area contributed by atoms with E-state index in [1.807, 2.05) is 6.20 Å². The van der Waals surface area contributed by atoms with Crippen LogP contribution in [0.1, 0.15) is 60.3 Å². The van der Waals surface area contributed by atoms with Crippen LogP contribution in [0.3, 0.4) is 0 Å². The van der Waals surface area contributed by atoms with E-state index < -0.39 is 5.82 Å². The summed E-state index contributed by atoms with van der Waals surface area (Å²) in [5.41, 5.74) is 8.68. The zero-order valence-electron chi connectivity index (χ0n) is 28.5. The summed E-state index contributed by atoms with van der Waals surface area (Å²) in [6, 6.07) is 13.2. The third-order valence-corrected chi connectivity index (χ3v) is 10.9. The molecule has 0 atom stereocenters. The van der Waals surface area contributed by atoms with Gasteiger partial charge in [-0.2, -0.15) is 0 Å². The van der Waals surface area contributed by atoms with Gasteiger partial charge in [-0.25, -0.2) is 34.3 Å². The Morgan fingerprint density at radius 3 is 1.61 bits per heavy atom. The summed E-state index contributed by atoms with van der Waals surface area (Å²) in [6.07, 6.45) is 14.7. The summed E-state index contributed by atoms with van der Waals surface area (Å²) in [5, 5.41) is 0.102. The molecule has 0 radical (unpaired) electrons. The van der Waals surface area contributed by atoms with Crippen LogP contribution in [-0.4, -0.2) is 66.1 Å². The first-order chi connectivity index (χ1) is 24.9. The maximum absolute atomic E-state index is 13.5. The molecule has 2 aromatic carbocycles. The summed E-state index contributed by atoms with van der Waals surface area (Å²) in [7, 11) is 0. The summed E-state index contributed by atoms with van der Waals surface area (Å²) < 4.78 is 14.7. The van der Waals surface area contributed by atoms with E-state index in [0.29, 0.717) is 11.8 Å².